The molecule has 0 saturated carbocycles. The zero-order chi connectivity index (χ0) is 13.2. The van der Waals surface area contributed by atoms with Crippen LogP contribution < -0.4 is 5.32 Å². The molecule has 2 atom stereocenters. The number of sulfone groups is 1. The average Bonchev–Trinajstić information content (AvgIpc) is 2.48. The lowest BCUT2D eigenvalue weighted by molar-refractivity contribution is 0.230. The highest BCUT2D eigenvalue weighted by Gasteiger charge is 2.29. The van der Waals surface area contributed by atoms with Gasteiger partial charge < -0.3 is 5.32 Å². The molecule has 2 rings (SSSR count). The van der Waals surface area contributed by atoms with E-state index in [2.05, 4.69) is 24.1 Å². The Morgan fingerprint density at radius 1 is 1.44 bits per heavy atom. The van der Waals surface area contributed by atoms with Crippen LogP contribution in [-0.2, 0) is 9.84 Å². The molecule has 2 unspecified atom stereocenters. The van der Waals surface area contributed by atoms with E-state index in [-0.39, 0.29) is 11.8 Å². The lowest BCUT2D eigenvalue weighted by Gasteiger charge is -2.29. The third-order valence-corrected chi connectivity index (χ3v) is 5.02. The van der Waals surface area contributed by atoms with E-state index in [9.17, 15) is 8.42 Å². The van der Waals surface area contributed by atoms with Crippen molar-refractivity contribution >= 4 is 9.84 Å². The molecule has 0 bridgehead atoms. The highest BCUT2D eigenvalue weighted by molar-refractivity contribution is 7.94. The molecule has 1 saturated heterocycles. The maximum absolute atomic E-state index is 11.5. The molecule has 0 radical (unpaired) electrons. The predicted octanol–water partition coefficient (Wildman–Crippen LogP) is 1.01. The van der Waals surface area contributed by atoms with E-state index < -0.39 is 9.84 Å². The molecule has 0 amide bonds. The molecule has 0 aromatic rings. The number of nitrogens with zero attached hydrogens (tertiary/aromatic N) is 1. The average molecular weight is 272 g/mol. The van der Waals surface area contributed by atoms with Gasteiger partial charge in [0, 0.05) is 30.6 Å². The van der Waals surface area contributed by atoms with Gasteiger partial charge in [0.15, 0.2) is 9.84 Å². The second-order valence-electron chi connectivity index (χ2n) is 5.85. The first kappa shape index (κ1) is 14.0. The largest absolute Gasteiger partial charge is 0.313 e. The minimum atomic E-state index is -2.94. The third kappa shape index (κ3) is 3.80. The molecular formula is C13H24N2O2S. The van der Waals surface area contributed by atoms with Crippen molar-refractivity contribution in [3.63, 3.8) is 0 Å². The first-order chi connectivity index (χ1) is 8.46. The topological polar surface area (TPSA) is 49.4 Å². The predicted molar refractivity (Wildman–Crippen MR) is 74.2 cm³/mol. The fourth-order valence-electron chi connectivity index (χ4n) is 2.84. The Hall–Kier alpha value is -0.390. The first-order valence-corrected chi connectivity index (χ1v) is 8.56. The summed E-state index contributed by atoms with van der Waals surface area (Å²) in [6.45, 7) is 7.46. The normalized spacial score (nSPS) is 32.8. The smallest absolute Gasteiger partial charge is 0.173 e. The first-order valence-electron chi connectivity index (χ1n) is 6.84. The molecule has 0 spiro atoms. The van der Waals surface area contributed by atoms with Crippen molar-refractivity contribution in [1.82, 2.24) is 10.2 Å². The lowest BCUT2D eigenvalue weighted by atomic mass is 10.0. The van der Waals surface area contributed by atoms with Gasteiger partial charge in [0.1, 0.15) is 0 Å². The van der Waals surface area contributed by atoms with Crippen molar-refractivity contribution in [2.24, 2.45) is 5.92 Å². The number of hydrogen-bond donors (Lipinski definition) is 1. The standard InChI is InChI=1S/C13H24N2O2S/c1-11(2)8-12-9-15(6-3-5-14-12)13-4-7-18(16,17)10-13/h4,7,11-14H,3,5-6,8-10H2,1-2H3. The molecule has 104 valence electrons. The van der Waals surface area contributed by atoms with Gasteiger partial charge in [-0.25, -0.2) is 8.42 Å². The van der Waals surface area contributed by atoms with Gasteiger partial charge in [-0.15, -0.1) is 0 Å². The molecule has 5 heteroatoms. The molecular weight excluding hydrogens is 248 g/mol. The lowest BCUT2D eigenvalue weighted by Crippen LogP contribution is -2.43. The molecule has 0 aromatic carbocycles. The number of rotatable bonds is 3. The monoisotopic (exact) mass is 272 g/mol. The maximum Gasteiger partial charge on any atom is 0.173 e. The van der Waals surface area contributed by atoms with Crippen LogP contribution in [0.25, 0.3) is 0 Å². The zero-order valence-corrected chi connectivity index (χ0v) is 12.1. The van der Waals surface area contributed by atoms with Gasteiger partial charge in [0.25, 0.3) is 0 Å². The van der Waals surface area contributed by atoms with Gasteiger partial charge >= 0.3 is 0 Å². The molecule has 2 aliphatic rings. The van der Waals surface area contributed by atoms with Gasteiger partial charge in [-0.1, -0.05) is 19.9 Å². The van der Waals surface area contributed by atoms with Gasteiger partial charge in [0.2, 0.25) is 0 Å². The summed E-state index contributed by atoms with van der Waals surface area (Å²) in [7, 11) is -2.94. The Morgan fingerprint density at radius 3 is 2.83 bits per heavy atom. The molecule has 2 heterocycles. The maximum atomic E-state index is 11.5. The zero-order valence-electron chi connectivity index (χ0n) is 11.3. The van der Waals surface area contributed by atoms with E-state index >= 15 is 0 Å². The summed E-state index contributed by atoms with van der Waals surface area (Å²) in [5.74, 6) is 0.937. The summed E-state index contributed by atoms with van der Waals surface area (Å²) >= 11 is 0. The summed E-state index contributed by atoms with van der Waals surface area (Å²) in [4.78, 5) is 2.33. The third-order valence-electron chi connectivity index (χ3n) is 3.65. The molecule has 1 N–H and O–H groups in total. The number of nitrogens with one attached hydrogen (secondary N) is 1. The summed E-state index contributed by atoms with van der Waals surface area (Å²) in [5, 5.41) is 4.95. The van der Waals surface area contributed by atoms with E-state index in [1.165, 1.54) is 5.41 Å². The van der Waals surface area contributed by atoms with Crippen LogP contribution in [0.5, 0.6) is 0 Å². The molecule has 2 aliphatic heterocycles. The Labute approximate surface area is 110 Å². The van der Waals surface area contributed by atoms with Crippen LogP contribution in [0.1, 0.15) is 26.7 Å². The van der Waals surface area contributed by atoms with Gasteiger partial charge in [-0.05, 0) is 25.3 Å². The molecule has 0 aromatic heterocycles. The van der Waals surface area contributed by atoms with Crippen molar-refractivity contribution in [2.75, 3.05) is 25.4 Å². The summed E-state index contributed by atoms with van der Waals surface area (Å²) in [6.07, 6.45) is 4.10. The van der Waals surface area contributed by atoms with Crippen molar-refractivity contribution < 1.29 is 8.42 Å². The quantitative estimate of drug-likeness (QED) is 0.833. The number of hydrogen-bond acceptors (Lipinski definition) is 4. The van der Waals surface area contributed by atoms with Crippen LogP contribution >= 0.6 is 0 Å². The molecule has 0 aliphatic carbocycles. The van der Waals surface area contributed by atoms with Crippen molar-refractivity contribution in [2.45, 2.75) is 38.8 Å². The van der Waals surface area contributed by atoms with E-state index in [0.717, 1.165) is 32.5 Å². The summed E-state index contributed by atoms with van der Waals surface area (Å²) in [5.41, 5.74) is 0. The van der Waals surface area contributed by atoms with Crippen LogP contribution in [-0.4, -0.2) is 50.8 Å². The Balaban J connectivity index is 1.97. The van der Waals surface area contributed by atoms with E-state index in [1.54, 1.807) is 0 Å². The summed E-state index contributed by atoms with van der Waals surface area (Å²) < 4.78 is 23.0. The second-order valence-corrected chi connectivity index (χ2v) is 7.79. The van der Waals surface area contributed by atoms with E-state index in [1.807, 2.05) is 6.08 Å². The van der Waals surface area contributed by atoms with E-state index in [0.29, 0.717) is 12.0 Å². The van der Waals surface area contributed by atoms with Gasteiger partial charge in [0.05, 0.1) is 5.75 Å². The Kier molecular flexibility index (Phi) is 4.45. The highest BCUT2D eigenvalue weighted by atomic mass is 32.2. The van der Waals surface area contributed by atoms with Crippen LogP contribution in [0, 0.1) is 5.92 Å². The minimum Gasteiger partial charge on any atom is -0.313 e. The SMILES string of the molecule is CC(C)CC1CN(C2C=CS(=O)(=O)C2)CCCN1. The Bertz CT molecular complexity index is 403. The van der Waals surface area contributed by atoms with Crippen LogP contribution in [0.3, 0.4) is 0 Å². The fourth-order valence-corrected chi connectivity index (χ4v) is 4.17. The van der Waals surface area contributed by atoms with Crippen LogP contribution in [0.2, 0.25) is 0 Å². The van der Waals surface area contributed by atoms with Crippen molar-refractivity contribution in [3.05, 3.63) is 11.5 Å². The second kappa shape index (κ2) is 5.72. The Morgan fingerprint density at radius 2 is 2.22 bits per heavy atom. The van der Waals surface area contributed by atoms with Gasteiger partial charge in [-0.3, -0.25) is 4.90 Å². The van der Waals surface area contributed by atoms with Gasteiger partial charge in [-0.2, -0.15) is 0 Å². The molecule has 1 fully saturated rings. The fraction of sp³-hybridized carbons (Fsp3) is 0.846. The molecule has 18 heavy (non-hydrogen) atoms. The van der Waals surface area contributed by atoms with E-state index in [4.69, 9.17) is 0 Å². The van der Waals surface area contributed by atoms with Crippen molar-refractivity contribution in [3.8, 4) is 0 Å². The van der Waals surface area contributed by atoms with Crippen LogP contribution in [0.4, 0.5) is 0 Å². The van der Waals surface area contributed by atoms with Crippen molar-refractivity contribution in [1.29, 1.82) is 0 Å². The van der Waals surface area contributed by atoms with Crippen LogP contribution in [0.15, 0.2) is 11.5 Å². The highest BCUT2D eigenvalue weighted by Crippen LogP contribution is 2.18. The minimum absolute atomic E-state index is 0.0876. The summed E-state index contributed by atoms with van der Waals surface area (Å²) in [6, 6.07) is 0.578. The molecule has 4 nitrogen and oxygen atoms in total.